The zero-order chi connectivity index (χ0) is 25.9. The van der Waals surface area contributed by atoms with E-state index in [2.05, 4.69) is 10.0 Å². The first-order valence-corrected chi connectivity index (χ1v) is 13.2. The first-order valence-electron chi connectivity index (χ1n) is 11.8. The van der Waals surface area contributed by atoms with E-state index in [1.54, 1.807) is 31.2 Å². The second-order valence-corrected chi connectivity index (χ2v) is 10.8. The Kier molecular flexibility index (Phi) is 7.27. The largest absolute Gasteiger partial charge is 0.341 e. The van der Waals surface area contributed by atoms with Gasteiger partial charge in [-0.1, -0.05) is 72.3 Å². The lowest BCUT2D eigenvalue weighted by atomic mass is 9.97. The summed E-state index contributed by atoms with van der Waals surface area (Å²) in [5, 5.41) is 3.09. The smallest absolute Gasteiger partial charge is 0.262 e. The van der Waals surface area contributed by atoms with Gasteiger partial charge in [0.2, 0.25) is 0 Å². The summed E-state index contributed by atoms with van der Waals surface area (Å²) in [6.45, 7) is 7.56. The van der Waals surface area contributed by atoms with Crippen LogP contribution in [0.3, 0.4) is 0 Å². The van der Waals surface area contributed by atoms with Gasteiger partial charge in [0.1, 0.15) is 0 Å². The molecule has 0 spiro atoms. The second-order valence-electron chi connectivity index (χ2n) is 9.19. The summed E-state index contributed by atoms with van der Waals surface area (Å²) < 4.78 is 29.2. The molecule has 0 aliphatic carbocycles. The molecule has 0 heterocycles. The number of benzene rings is 4. The molecular weight excluding hydrogens is 468 g/mol. The molecule has 2 N–H and O–H groups in total. The van der Waals surface area contributed by atoms with Gasteiger partial charge in [-0.05, 0) is 79.8 Å². The minimum Gasteiger partial charge on any atom is -0.341 e. The van der Waals surface area contributed by atoms with Crippen molar-refractivity contribution in [1.82, 2.24) is 5.32 Å². The zero-order valence-corrected chi connectivity index (χ0v) is 21.7. The number of carbonyl (C=O) groups excluding carboxylic acids is 1. The summed E-state index contributed by atoms with van der Waals surface area (Å²) in [5.74, 6) is -0.354. The monoisotopic (exact) mass is 498 g/mol. The van der Waals surface area contributed by atoms with Crippen molar-refractivity contribution < 1.29 is 13.2 Å². The third kappa shape index (κ3) is 5.83. The normalized spacial score (nSPS) is 12.1. The molecule has 0 aliphatic heterocycles. The highest BCUT2D eigenvalue weighted by Crippen LogP contribution is 2.25. The number of anilines is 1. The quantitative estimate of drug-likeness (QED) is 0.317. The Morgan fingerprint density at radius 2 is 1.31 bits per heavy atom. The highest BCUT2D eigenvalue weighted by atomic mass is 32.2. The molecule has 0 saturated carbocycles. The Morgan fingerprint density at radius 1 is 0.694 bits per heavy atom. The van der Waals surface area contributed by atoms with Gasteiger partial charge in [0.15, 0.2) is 0 Å². The molecule has 0 aliphatic rings. The molecular formula is C30H30N2O3S. The molecule has 4 rings (SSSR count). The van der Waals surface area contributed by atoms with Crippen LogP contribution in [0.25, 0.3) is 0 Å². The summed E-state index contributed by atoms with van der Waals surface area (Å²) in [7, 11) is -3.90. The van der Waals surface area contributed by atoms with Crippen LogP contribution in [-0.4, -0.2) is 14.3 Å². The Balaban J connectivity index is 1.65. The van der Waals surface area contributed by atoms with E-state index in [1.165, 1.54) is 6.07 Å². The number of rotatable bonds is 7. The van der Waals surface area contributed by atoms with Gasteiger partial charge in [0, 0.05) is 11.3 Å². The van der Waals surface area contributed by atoms with Gasteiger partial charge < -0.3 is 5.32 Å². The SMILES string of the molecule is Cc1ccc([C@@H](NC(=O)c2ccc(C)c(S(=O)(=O)Nc3cc(C)cc(C)c3)c2)c2ccccc2)cc1. The molecule has 0 saturated heterocycles. The number of amides is 1. The van der Waals surface area contributed by atoms with E-state index in [0.29, 0.717) is 11.3 Å². The van der Waals surface area contributed by atoms with E-state index in [-0.39, 0.29) is 22.4 Å². The van der Waals surface area contributed by atoms with Crippen molar-refractivity contribution in [1.29, 1.82) is 0 Å². The Morgan fingerprint density at radius 3 is 1.94 bits per heavy atom. The Hall–Kier alpha value is -3.90. The van der Waals surface area contributed by atoms with Gasteiger partial charge in [-0.2, -0.15) is 0 Å². The van der Waals surface area contributed by atoms with Crippen molar-refractivity contribution in [3.05, 3.63) is 130 Å². The van der Waals surface area contributed by atoms with Crippen LogP contribution in [0, 0.1) is 27.7 Å². The summed E-state index contributed by atoms with van der Waals surface area (Å²) >= 11 is 0. The van der Waals surface area contributed by atoms with Crippen LogP contribution >= 0.6 is 0 Å². The third-order valence-corrected chi connectivity index (χ3v) is 7.56. The first kappa shape index (κ1) is 25.2. The molecule has 0 aromatic heterocycles. The number of hydrogen-bond donors (Lipinski definition) is 2. The second kappa shape index (κ2) is 10.4. The summed E-state index contributed by atoms with van der Waals surface area (Å²) in [4.78, 5) is 13.5. The van der Waals surface area contributed by atoms with E-state index >= 15 is 0 Å². The van der Waals surface area contributed by atoms with Gasteiger partial charge in [0.05, 0.1) is 10.9 Å². The van der Waals surface area contributed by atoms with Crippen LogP contribution in [0.5, 0.6) is 0 Å². The van der Waals surface area contributed by atoms with Gasteiger partial charge >= 0.3 is 0 Å². The number of sulfonamides is 1. The summed E-state index contributed by atoms with van der Waals surface area (Å²) in [6.07, 6.45) is 0. The van der Waals surface area contributed by atoms with Crippen LogP contribution in [0.1, 0.15) is 49.8 Å². The molecule has 0 fully saturated rings. The fraction of sp³-hybridized carbons (Fsp3) is 0.167. The lowest BCUT2D eigenvalue weighted by Crippen LogP contribution is -2.29. The predicted molar refractivity (Wildman–Crippen MR) is 145 cm³/mol. The van der Waals surface area contributed by atoms with E-state index in [9.17, 15) is 13.2 Å². The van der Waals surface area contributed by atoms with E-state index in [4.69, 9.17) is 0 Å². The van der Waals surface area contributed by atoms with E-state index in [1.807, 2.05) is 81.4 Å². The third-order valence-electron chi connectivity index (χ3n) is 6.03. The van der Waals surface area contributed by atoms with E-state index < -0.39 is 10.0 Å². The molecule has 36 heavy (non-hydrogen) atoms. The number of hydrogen-bond acceptors (Lipinski definition) is 3. The average molecular weight is 499 g/mol. The fourth-order valence-electron chi connectivity index (χ4n) is 4.25. The average Bonchev–Trinajstić information content (AvgIpc) is 2.83. The molecule has 4 aromatic carbocycles. The highest BCUT2D eigenvalue weighted by molar-refractivity contribution is 7.92. The molecule has 0 unspecified atom stereocenters. The Labute approximate surface area is 213 Å². The molecule has 0 bridgehead atoms. The number of carbonyl (C=O) groups is 1. The van der Waals surface area contributed by atoms with Gasteiger partial charge in [-0.3, -0.25) is 9.52 Å². The maximum atomic E-state index is 13.4. The lowest BCUT2D eigenvalue weighted by molar-refractivity contribution is 0.0942. The maximum absolute atomic E-state index is 13.4. The van der Waals surface area contributed by atoms with Crippen molar-refractivity contribution in [3.8, 4) is 0 Å². The topological polar surface area (TPSA) is 75.3 Å². The van der Waals surface area contributed by atoms with E-state index in [0.717, 1.165) is 27.8 Å². The zero-order valence-electron chi connectivity index (χ0n) is 20.9. The molecule has 4 aromatic rings. The Bertz CT molecular complexity index is 1480. The van der Waals surface area contributed by atoms with Crippen LogP contribution in [0.15, 0.2) is 95.9 Å². The van der Waals surface area contributed by atoms with Crippen molar-refractivity contribution in [2.45, 2.75) is 38.6 Å². The number of aryl methyl sites for hydroxylation is 4. The fourth-order valence-corrected chi connectivity index (χ4v) is 5.56. The lowest BCUT2D eigenvalue weighted by Gasteiger charge is -2.21. The van der Waals surface area contributed by atoms with Crippen LogP contribution in [-0.2, 0) is 10.0 Å². The minimum absolute atomic E-state index is 0.0703. The van der Waals surface area contributed by atoms with Crippen molar-refractivity contribution >= 4 is 21.6 Å². The first-order chi connectivity index (χ1) is 17.1. The summed E-state index contributed by atoms with van der Waals surface area (Å²) in [5.41, 5.74) is 6.24. The molecule has 6 heteroatoms. The molecule has 1 atom stereocenters. The van der Waals surface area contributed by atoms with Crippen molar-refractivity contribution in [2.24, 2.45) is 0 Å². The highest BCUT2D eigenvalue weighted by Gasteiger charge is 2.22. The van der Waals surface area contributed by atoms with Gasteiger partial charge in [0.25, 0.3) is 15.9 Å². The van der Waals surface area contributed by atoms with Gasteiger partial charge in [-0.25, -0.2) is 8.42 Å². The minimum atomic E-state index is -3.90. The van der Waals surface area contributed by atoms with Gasteiger partial charge in [-0.15, -0.1) is 0 Å². The van der Waals surface area contributed by atoms with Crippen LogP contribution in [0.4, 0.5) is 5.69 Å². The van der Waals surface area contributed by atoms with Crippen molar-refractivity contribution in [2.75, 3.05) is 4.72 Å². The standard InChI is InChI=1S/C30H30N2O3S/c1-20-10-13-25(14-11-20)29(24-8-6-5-7-9-24)31-30(33)26-15-12-23(4)28(19-26)36(34,35)32-27-17-21(2)16-22(3)18-27/h5-19,29,32H,1-4H3,(H,31,33)/t29-/m0/s1. The maximum Gasteiger partial charge on any atom is 0.262 e. The molecule has 1 amide bonds. The van der Waals surface area contributed by atoms with Crippen molar-refractivity contribution in [3.63, 3.8) is 0 Å². The predicted octanol–water partition coefficient (Wildman–Crippen LogP) is 6.24. The molecule has 5 nitrogen and oxygen atoms in total. The number of nitrogens with one attached hydrogen (secondary N) is 2. The molecule has 0 radical (unpaired) electrons. The van der Waals surface area contributed by atoms with Crippen LogP contribution < -0.4 is 10.0 Å². The van der Waals surface area contributed by atoms with Crippen LogP contribution in [0.2, 0.25) is 0 Å². The summed E-state index contributed by atoms with van der Waals surface area (Å²) in [6, 6.07) is 27.6. The molecule has 184 valence electrons.